The van der Waals surface area contributed by atoms with Crippen molar-refractivity contribution in [1.82, 2.24) is 10.2 Å². The Labute approximate surface area is 154 Å². The molecule has 0 spiro atoms. The van der Waals surface area contributed by atoms with Gasteiger partial charge < -0.3 is 0 Å². The van der Waals surface area contributed by atoms with Gasteiger partial charge in [-0.15, -0.1) is 10.2 Å². The maximum Gasteiger partial charge on any atom is 0.417 e. The molecule has 7 nitrogen and oxygen atoms in total. The fourth-order valence-electron chi connectivity index (χ4n) is 1.66. The van der Waals surface area contributed by atoms with E-state index in [0.717, 1.165) is 41.9 Å². The lowest BCUT2D eigenvalue weighted by Gasteiger charge is -2.09. The van der Waals surface area contributed by atoms with Crippen LogP contribution in [0.15, 0.2) is 24.3 Å². The highest BCUT2D eigenvalue weighted by atomic mass is 35.5. The number of nitrogens with zero attached hydrogens (tertiary/aromatic N) is 2. The van der Waals surface area contributed by atoms with Gasteiger partial charge in [0, 0.05) is 6.08 Å². The zero-order valence-corrected chi connectivity index (χ0v) is 15.2. The average molecular weight is 427 g/mol. The van der Waals surface area contributed by atoms with Crippen LogP contribution in [-0.4, -0.2) is 30.8 Å². The lowest BCUT2D eigenvalue weighted by Crippen LogP contribution is -2.09. The molecule has 0 unspecified atom stereocenters. The zero-order chi connectivity index (χ0) is 19.5. The molecule has 1 amide bonds. The quantitative estimate of drug-likeness (QED) is 0.715. The number of halogens is 4. The molecule has 2 N–H and O–H groups in total. The fraction of sp³-hybridized carbons (Fsp3) is 0.154. The molecule has 2 rings (SSSR count). The van der Waals surface area contributed by atoms with Crippen molar-refractivity contribution in [3.63, 3.8) is 0 Å². The van der Waals surface area contributed by atoms with E-state index >= 15 is 0 Å². The van der Waals surface area contributed by atoms with Gasteiger partial charge in [0.05, 0.1) is 16.8 Å². The molecule has 2 aromatic rings. The number of amides is 1. The highest BCUT2D eigenvalue weighted by molar-refractivity contribution is 7.92. The minimum Gasteiger partial charge on any atom is -0.297 e. The summed E-state index contributed by atoms with van der Waals surface area (Å²) in [4.78, 5) is 11.8. The SMILES string of the molecule is CS(=O)(=O)Nc1nnc(NC(=O)/C=C/c2ccc(Cl)c(C(F)(F)F)c2)s1. The number of alkyl halides is 3. The van der Waals surface area contributed by atoms with Gasteiger partial charge in [-0.05, 0) is 23.8 Å². The van der Waals surface area contributed by atoms with E-state index in [0.29, 0.717) is 0 Å². The van der Waals surface area contributed by atoms with Gasteiger partial charge in [-0.25, -0.2) is 8.42 Å². The van der Waals surface area contributed by atoms with Gasteiger partial charge in [0.2, 0.25) is 26.2 Å². The van der Waals surface area contributed by atoms with E-state index in [9.17, 15) is 26.4 Å². The van der Waals surface area contributed by atoms with E-state index in [4.69, 9.17) is 11.6 Å². The molecule has 0 saturated heterocycles. The normalized spacial score (nSPS) is 12.3. The molecule has 0 aliphatic heterocycles. The Morgan fingerprint density at radius 1 is 1.27 bits per heavy atom. The van der Waals surface area contributed by atoms with Crippen LogP contribution >= 0.6 is 22.9 Å². The largest absolute Gasteiger partial charge is 0.417 e. The number of hydrogen-bond acceptors (Lipinski definition) is 6. The minimum absolute atomic E-state index is 0.0119. The van der Waals surface area contributed by atoms with Crippen molar-refractivity contribution < 1.29 is 26.4 Å². The van der Waals surface area contributed by atoms with Gasteiger partial charge >= 0.3 is 6.18 Å². The van der Waals surface area contributed by atoms with Crippen molar-refractivity contribution in [3.8, 4) is 0 Å². The van der Waals surface area contributed by atoms with E-state index in [1.165, 1.54) is 6.07 Å². The molecular weight excluding hydrogens is 417 g/mol. The highest BCUT2D eigenvalue weighted by Gasteiger charge is 2.33. The summed E-state index contributed by atoms with van der Waals surface area (Å²) in [5, 5.41) is 8.92. The Hall–Kier alpha value is -2.18. The molecule has 0 aliphatic carbocycles. The second kappa shape index (κ2) is 7.60. The molecule has 1 aromatic heterocycles. The summed E-state index contributed by atoms with van der Waals surface area (Å²) in [6.07, 6.45) is -1.53. The second-order valence-electron chi connectivity index (χ2n) is 4.85. The molecule has 140 valence electrons. The third kappa shape index (κ3) is 5.97. The van der Waals surface area contributed by atoms with Crippen LogP contribution < -0.4 is 10.0 Å². The van der Waals surface area contributed by atoms with E-state index in [1.807, 2.05) is 0 Å². The molecule has 13 heteroatoms. The smallest absolute Gasteiger partial charge is 0.297 e. The highest BCUT2D eigenvalue weighted by Crippen LogP contribution is 2.35. The van der Waals surface area contributed by atoms with Crippen molar-refractivity contribution in [2.75, 3.05) is 16.3 Å². The third-order valence-electron chi connectivity index (χ3n) is 2.65. The topological polar surface area (TPSA) is 101 Å². The molecule has 0 radical (unpaired) electrons. The van der Waals surface area contributed by atoms with Crippen molar-refractivity contribution in [2.24, 2.45) is 0 Å². The molecule has 0 fully saturated rings. The number of aromatic nitrogens is 2. The number of carbonyl (C=O) groups is 1. The summed E-state index contributed by atoms with van der Waals surface area (Å²) in [5.41, 5.74) is -0.893. The summed E-state index contributed by atoms with van der Waals surface area (Å²) in [5.74, 6) is -0.685. The van der Waals surface area contributed by atoms with Gasteiger partial charge in [0.25, 0.3) is 0 Å². The lowest BCUT2D eigenvalue weighted by atomic mass is 10.1. The predicted octanol–water partition coefficient (Wildman–Crippen LogP) is 3.23. The van der Waals surface area contributed by atoms with Crippen LogP contribution in [0, 0.1) is 0 Å². The van der Waals surface area contributed by atoms with Crippen molar-refractivity contribution in [2.45, 2.75) is 6.18 Å². The second-order valence-corrected chi connectivity index (χ2v) is 7.98. The van der Waals surface area contributed by atoms with Crippen LogP contribution in [0.5, 0.6) is 0 Å². The number of rotatable bonds is 5. The van der Waals surface area contributed by atoms with Gasteiger partial charge in [-0.1, -0.05) is 29.0 Å². The molecular formula is C13H10ClF3N4O3S2. The number of anilines is 2. The van der Waals surface area contributed by atoms with E-state index in [-0.39, 0.29) is 15.8 Å². The molecule has 26 heavy (non-hydrogen) atoms. The Morgan fingerprint density at radius 3 is 2.54 bits per heavy atom. The van der Waals surface area contributed by atoms with Crippen LogP contribution in [0.2, 0.25) is 5.02 Å². The Morgan fingerprint density at radius 2 is 1.92 bits per heavy atom. The summed E-state index contributed by atoms with van der Waals surface area (Å²) < 4.78 is 62.5. The summed E-state index contributed by atoms with van der Waals surface area (Å²) >= 11 is 6.29. The number of benzene rings is 1. The molecule has 1 aromatic carbocycles. The van der Waals surface area contributed by atoms with Crippen LogP contribution in [-0.2, 0) is 21.0 Å². The monoisotopic (exact) mass is 426 g/mol. The maximum atomic E-state index is 12.8. The number of sulfonamides is 1. The predicted molar refractivity (Wildman–Crippen MR) is 92.5 cm³/mol. The maximum absolute atomic E-state index is 12.8. The summed E-state index contributed by atoms with van der Waals surface area (Å²) in [7, 11) is -3.53. The molecule has 0 saturated carbocycles. The van der Waals surface area contributed by atoms with Crippen molar-refractivity contribution in [3.05, 3.63) is 40.4 Å². The Kier molecular flexibility index (Phi) is 5.88. The molecule has 0 aliphatic rings. The molecule has 1 heterocycles. The molecule has 0 atom stereocenters. The Bertz CT molecular complexity index is 958. The van der Waals surface area contributed by atoms with E-state index < -0.39 is 32.7 Å². The first-order chi connectivity index (χ1) is 11.9. The number of nitrogens with one attached hydrogen (secondary N) is 2. The zero-order valence-electron chi connectivity index (χ0n) is 12.8. The lowest BCUT2D eigenvalue weighted by molar-refractivity contribution is -0.137. The average Bonchev–Trinajstić information content (AvgIpc) is 2.90. The summed E-state index contributed by atoms with van der Waals surface area (Å²) in [6.45, 7) is 0. The number of hydrogen-bond donors (Lipinski definition) is 2. The van der Waals surface area contributed by atoms with Gasteiger partial charge in [0.15, 0.2) is 0 Å². The minimum atomic E-state index is -4.61. The van der Waals surface area contributed by atoms with E-state index in [2.05, 4.69) is 20.2 Å². The van der Waals surface area contributed by atoms with Gasteiger partial charge in [-0.2, -0.15) is 13.2 Å². The summed E-state index contributed by atoms with van der Waals surface area (Å²) in [6, 6.07) is 3.21. The van der Waals surface area contributed by atoms with Crippen LogP contribution in [0.1, 0.15) is 11.1 Å². The van der Waals surface area contributed by atoms with Gasteiger partial charge in [0.1, 0.15) is 0 Å². The first-order valence-electron chi connectivity index (χ1n) is 6.61. The number of carbonyl (C=O) groups excluding carboxylic acids is 1. The van der Waals surface area contributed by atoms with Crippen LogP contribution in [0.25, 0.3) is 6.08 Å². The standard InChI is InChI=1S/C13H10ClF3N4O3S2/c1-26(23,24)21-12-20-19-11(25-12)18-10(22)5-3-7-2-4-9(14)8(6-7)13(15,16)17/h2-6H,1H3,(H,20,21)(H,18,19,22)/b5-3+. The fourth-order valence-corrected chi connectivity index (χ4v) is 3.36. The third-order valence-corrected chi connectivity index (χ3v) is 4.43. The van der Waals surface area contributed by atoms with E-state index in [1.54, 1.807) is 0 Å². The van der Waals surface area contributed by atoms with Crippen molar-refractivity contribution in [1.29, 1.82) is 0 Å². The van der Waals surface area contributed by atoms with Crippen molar-refractivity contribution >= 4 is 55.2 Å². The van der Waals surface area contributed by atoms with Crippen LogP contribution in [0.4, 0.5) is 23.4 Å². The first kappa shape index (κ1) is 20.1. The first-order valence-corrected chi connectivity index (χ1v) is 9.70. The molecule has 0 bridgehead atoms. The van der Waals surface area contributed by atoms with Gasteiger partial charge in [-0.3, -0.25) is 14.8 Å². The van der Waals surface area contributed by atoms with Crippen LogP contribution in [0.3, 0.4) is 0 Å². The Balaban J connectivity index is 2.06.